The van der Waals surface area contributed by atoms with Gasteiger partial charge >= 0.3 is 0 Å². The Morgan fingerprint density at radius 3 is 2.74 bits per heavy atom. The lowest BCUT2D eigenvalue weighted by Gasteiger charge is -2.36. The van der Waals surface area contributed by atoms with Crippen LogP contribution in [0.15, 0.2) is 60.1 Å². The molecule has 2 aliphatic heterocycles. The van der Waals surface area contributed by atoms with Gasteiger partial charge in [0.1, 0.15) is 17.7 Å². The Morgan fingerprint density at radius 2 is 2.03 bits per heavy atom. The van der Waals surface area contributed by atoms with E-state index in [1.54, 1.807) is 37.9 Å². The lowest BCUT2D eigenvalue weighted by Crippen LogP contribution is -2.46. The number of aliphatic imine (C=N–C) groups is 1. The summed E-state index contributed by atoms with van der Waals surface area (Å²) in [5.41, 5.74) is 7.27. The van der Waals surface area contributed by atoms with Crippen LogP contribution in [0.4, 0.5) is 0 Å². The number of nitrogens with zero attached hydrogens (tertiary/aromatic N) is 5. The Hall–Kier alpha value is -3.52. The van der Waals surface area contributed by atoms with E-state index in [1.807, 2.05) is 24.3 Å². The summed E-state index contributed by atoms with van der Waals surface area (Å²) in [4.78, 5) is 32.1. The number of carbonyl (C=O) groups excluding carboxylic acids is 1. The molecule has 5 rings (SSSR count). The molecule has 2 aromatic heterocycles. The van der Waals surface area contributed by atoms with Gasteiger partial charge in [0.05, 0.1) is 5.02 Å². The van der Waals surface area contributed by atoms with Crippen LogP contribution in [-0.4, -0.2) is 44.9 Å². The SMILES string of the molecule is CN1C(=O)C2(CC(Cc3ncccn3)Oc3ccc(-c4cncc(Cl)c4)cc32)N=C1N. The zero-order valence-electron chi connectivity index (χ0n) is 16.7. The predicted molar refractivity (Wildman–Crippen MR) is 116 cm³/mol. The third-order valence-electron chi connectivity index (χ3n) is 5.62. The first-order valence-electron chi connectivity index (χ1n) is 9.78. The Bertz CT molecular complexity index is 1200. The molecule has 0 radical (unpaired) electrons. The maximum Gasteiger partial charge on any atom is 0.261 e. The first kappa shape index (κ1) is 19.4. The largest absolute Gasteiger partial charge is 0.489 e. The molecule has 2 atom stereocenters. The van der Waals surface area contributed by atoms with Crippen LogP contribution in [0, 0.1) is 0 Å². The van der Waals surface area contributed by atoms with Gasteiger partial charge in [-0.05, 0) is 29.8 Å². The van der Waals surface area contributed by atoms with Gasteiger partial charge in [0.2, 0.25) is 0 Å². The number of carbonyl (C=O) groups is 1. The van der Waals surface area contributed by atoms with Crippen LogP contribution in [-0.2, 0) is 16.8 Å². The van der Waals surface area contributed by atoms with Crippen molar-refractivity contribution in [2.24, 2.45) is 10.7 Å². The number of aromatic nitrogens is 3. The van der Waals surface area contributed by atoms with Crippen molar-refractivity contribution in [1.29, 1.82) is 0 Å². The molecule has 1 amide bonds. The Labute approximate surface area is 183 Å². The van der Waals surface area contributed by atoms with Crippen molar-refractivity contribution in [3.8, 4) is 16.9 Å². The normalized spacial score (nSPS) is 22.3. The van der Waals surface area contributed by atoms with Crippen molar-refractivity contribution >= 4 is 23.5 Å². The van der Waals surface area contributed by atoms with E-state index in [4.69, 9.17) is 22.1 Å². The van der Waals surface area contributed by atoms with E-state index in [1.165, 1.54) is 4.90 Å². The van der Waals surface area contributed by atoms with Crippen LogP contribution in [0.2, 0.25) is 5.02 Å². The highest BCUT2D eigenvalue weighted by Gasteiger charge is 2.53. The number of benzene rings is 1. The molecule has 3 aromatic rings. The van der Waals surface area contributed by atoms with Crippen LogP contribution >= 0.6 is 11.6 Å². The fourth-order valence-corrected chi connectivity index (χ4v) is 4.30. The minimum Gasteiger partial charge on any atom is -0.489 e. The number of nitrogens with two attached hydrogens (primary N) is 1. The smallest absolute Gasteiger partial charge is 0.261 e. The minimum atomic E-state index is -1.16. The molecule has 31 heavy (non-hydrogen) atoms. The van der Waals surface area contributed by atoms with Crippen LogP contribution in [0.25, 0.3) is 11.1 Å². The number of rotatable bonds is 3. The molecule has 1 spiro atoms. The molecule has 0 saturated carbocycles. The number of hydrogen-bond acceptors (Lipinski definition) is 7. The highest BCUT2D eigenvalue weighted by Crippen LogP contribution is 2.47. The number of amides is 1. The highest BCUT2D eigenvalue weighted by atomic mass is 35.5. The summed E-state index contributed by atoms with van der Waals surface area (Å²) < 4.78 is 6.25. The van der Waals surface area contributed by atoms with Crippen molar-refractivity contribution in [3.63, 3.8) is 0 Å². The van der Waals surface area contributed by atoms with Gasteiger partial charge in [-0.3, -0.25) is 14.7 Å². The average molecular weight is 435 g/mol. The lowest BCUT2D eigenvalue weighted by atomic mass is 9.80. The third kappa shape index (κ3) is 3.29. The third-order valence-corrected chi connectivity index (χ3v) is 5.82. The number of guanidine groups is 1. The van der Waals surface area contributed by atoms with Crippen molar-refractivity contribution in [2.45, 2.75) is 24.5 Å². The summed E-state index contributed by atoms with van der Waals surface area (Å²) in [6.45, 7) is 0. The van der Waals surface area contributed by atoms with Crippen LogP contribution in [0.5, 0.6) is 5.75 Å². The number of pyridine rings is 1. The van der Waals surface area contributed by atoms with E-state index in [0.29, 0.717) is 35.0 Å². The zero-order valence-corrected chi connectivity index (χ0v) is 17.5. The molecule has 2 N–H and O–H groups in total. The molecule has 0 fully saturated rings. The number of halogens is 1. The molecule has 4 heterocycles. The van der Waals surface area contributed by atoms with Gasteiger partial charge < -0.3 is 10.5 Å². The molecule has 8 nitrogen and oxygen atoms in total. The second kappa shape index (κ2) is 7.31. The summed E-state index contributed by atoms with van der Waals surface area (Å²) >= 11 is 6.12. The fraction of sp³-hybridized carbons (Fsp3) is 0.227. The van der Waals surface area contributed by atoms with Gasteiger partial charge in [0, 0.05) is 55.8 Å². The van der Waals surface area contributed by atoms with Gasteiger partial charge in [-0.15, -0.1) is 0 Å². The average Bonchev–Trinajstić information content (AvgIpc) is 2.98. The molecular weight excluding hydrogens is 416 g/mol. The maximum absolute atomic E-state index is 13.4. The molecule has 2 aliphatic rings. The van der Waals surface area contributed by atoms with Crippen molar-refractivity contribution in [1.82, 2.24) is 19.9 Å². The molecule has 156 valence electrons. The monoisotopic (exact) mass is 434 g/mol. The van der Waals surface area contributed by atoms with Crippen LogP contribution in [0.3, 0.4) is 0 Å². The predicted octanol–water partition coefficient (Wildman–Crippen LogP) is 2.57. The number of fused-ring (bicyclic) bond motifs is 2. The number of likely N-dealkylation sites (N-methyl/N-ethyl adjacent to an activating group) is 1. The van der Waals surface area contributed by atoms with E-state index in [-0.39, 0.29) is 18.0 Å². The summed E-state index contributed by atoms with van der Waals surface area (Å²) in [6, 6.07) is 9.25. The zero-order chi connectivity index (χ0) is 21.6. The molecule has 1 aromatic carbocycles. The van der Waals surface area contributed by atoms with Crippen molar-refractivity contribution in [3.05, 3.63) is 71.5 Å². The topological polar surface area (TPSA) is 107 Å². The second-order valence-corrected chi connectivity index (χ2v) is 8.05. The van der Waals surface area contributed by atoms with Gasteiger partial charge in [0.15, 0.2) is 11.5 Å². The molecule has 0 bridgehead atoms. The number of ether oxygens (including phenoxy) is 1. The molecule has 9 heteroatoms. The highest BCUT2D eigenvalue weighted by molar-refractivity contribution is 6.30. The first-order chi connectivity index (χ1) is 15.0. The molecule has 0 aliphatic carbocycles. The Kier molecular flexibility index (Phi) is 4.59. The van der Waals surface area contributed by atoms with Crippen molar-refractivity contribution in [2.75, 3.05) is 7.05 Å². The van der Waals surface area contributed by atoms with Gasteiger partial charge in [0.25, 0.3) is 5.91 Å². The Balaban J connectivity index is 1.61. The number of hydrogen-bond donors (Lipinski definition) is 1. The fourth-order valence-electron chi connectivity index (χ4n) is 4.13. The van der Waals surface area contributed by atoms with E-state index >= 15 is 0 Å². The van der Waals surface area contributed by atoms with Crippen LogP contribution < -0.4 is 10.5 Å². The standard InChI is InChI=1S/C22H19ClN6O2/c1-29-20(30)22(28-21(29)24)10-16(9-19-26-5-2-6-27-19)31-18-4-3-13(8-17(18)22)14-7-15(23)12-25-11-14/h2-8,11-12,16H,9-10H2,1H3,(H2,24,28). The maximum atomic E-state index is 13.4. The van der Waals surface area contributed by atoms with Gasteiger partial charge in [-0.25, -0.2) is 15.0 Å². The Morgan fingerprint density at radius 1 is 1.23 bits per heavy atom. The summed E-state index contributed by atoms with van der Waals surface area (Å²) in [5.74, 6) is 1.23. The minimum absolute atomic E-state index is 0.183. The first-order valence-corrected chi connectivity index (χ1v) is 10.2. The van der Waals surface area contributed by atoms with Gasteiger partial charge in [-0.2, -0.15) is 0 Å². The summed E-state index contributed by atoms with van der Waals surface area (Å²) in [7, 11) is 1.63. The molecule has 2 unspecified atom stereocenters. The van der Waals surface area contributed by atoms with E-state index < -0.39 is 5.54 Å². The van der Waals surface area contributed by atoms with Gasteiger partial charge in [-0.1, -0.05) is 17.7 Å². The summed E-state index contributed by atoms with van der Waals surface area (Å²) in [6.07, 6.45) is 7.12. The quantitative estimate of drug-likeness (QED) is 0.679. The van der Waals surface area contributed by atoms with E-state index in [2.05, 4.69) is 19.9 Å². The molecule has 0 saturated heterocycles. The lowest BCUT2D eigenvalue weighted by molar-refractivity contribution is -0.132. The molecular formula is C22H19ClN6O2. The second-order valence-electron chi connectivity index (χ2n) is 7.61. The summed E-state index contributed by atoms with van der Waals surface area (Å²) in [5, 5.41) is 0.531. The van der Waals surface area contributed by atoms with Crippen molar-refractivity contribution < 1.29 is 9.53 Å². The van der Waals surface area contributed by atoms with Crippen LogP contribution in [0.1, 0.15) is 17.8 Å². The van der Waals surface area contributed by atoms with E-state index in [9.17, 15) is 4.79 Å². The van der Waals surface area contributed by atoms with E-state index in [0.717, 1.165) is 11.1 Å².